The lowest BCUT2D eigenvalue weighted by atomic mass is 10.1. The van der Waals surface area contributed by atoms with Gasteiger partial charge in [0.25, 0.3) is 0 Å². The van der Waals surface area contributed by atoms with Gasteiger partial charge in [-0.3, -0.25) is 0 Å². The van der Waals surface area contributed by atoms with Gasteiger partial charge >= 0.3 is 0 Å². The van der Waals surface area contributed by atoms with Crippen LogP contribution in [0.5, 0.6) is 0 Å². The lowest BCUT2D eigenvalue weighted by Crippen LogP contribution is -2.27. The maximum atomic E-state index is 5.86. The molecule has 5 heteroatoms. The highest BCUT2D eigenvalue weighted by molar-refractivity contribution is 6.30. The van der Waals surface area contributed by atoms with E-state index >= 15 is 0 Å². The summed E-state index contributed by atoms with van der Waals surface area (Å²) in [6.45, 7) is 1.03. The molecule has 0 aliphatic carbocycles. The number of nitrogens with zero attached hydrogens (tertiary/aromatic N) is 2. The minimum absolute atomic E-state index is 0.222. The third-order valence-corrected chi connectivity index (χ3v) is 3.62. The Labute approximate surface area is 117 Å². The lowest BCUT2D eigenvalue weighted by Gasteiger charge is -2.19. The zero-order valence-corrected chi connectivity index (χ0v) is 11.4. The molecule has 1 aliphatic heterocycles. The summed E-state index contributed by atoms with van der Waals surface area (Å²) >= 11 is 5.86. The van der Waals surface area contributed by atoms with Crippen LogP contribution in [-0.2, 0) is 6.42 Å². The van der Waals surface area contributed by atoms with Crippen molar-refractivity contribution < 1.29 is 4.52 Å². The maximum Gasteiger partial charge on any atom is 0.243 e. The van der Waals surface area contributed by atoms with Crippen LogP contribution < -0.4 is 5.32 Å². The van der Waals surface area contributed by atoms with Gasteiger partial charge in [-0.15, -0.1) is 0 Å². The highest BCUT2D eigenvalue weighted by Crippen LogP contribution is 2.21. The van der Waals surface area contributed by atoms with E-state index in [2.05, 4.69) is 15.5 Å². The van der Waals surface area contributed by atoms with Gasteiger partial charge in [0, 0.05) is 11.4 Å². The summed E-state index contributed by atoms with van der Waals surface area (Å²) in [5, 5.41) is 8.20. The fraction of sp³-hybridized carbons (Fsp3) is 0.429. The molecule has 0 spiro atoms. The molecule has 0 unspecified atom stereocenters. The largest absolute Gasteiger partial charge is 0.338 e. The van der Waals surface area contributed by atoms with Gasteiger partial charge in [-0.2, -0.15) is 4.98 Å². The van der Waals surface area contributed by atoms with Crippen LogP contribution >= 0.6 is 11.6 Å². The zero-order valence-electron chi connectivity index (χ0n) is 10.6. The molecule has 0 amide bonds. The second-order valence-corrected chi connectivity index (χ2v) is 5.29. The third kappa shape index (κ3) is 3.14. The molecular formula is C14H16ClN3O. The first-order valence-corrected chi connectivity index (χ1v) is 6.99. The van der Waals surface area contributed by atoms with Crippen molar-refractivity contribution in [3.8, 4) is 0 Å². The predicted molar refractivity (Wildman–Crippen MR) is 73.2 cm³/mol. The molecular weight excluding hydrogens is 262 g/mol. The molecule has 2 aromatic rings. The number of hydrogen-bond donors (Lipinski definition) is 1. The number of aromatic nitrogens is 2. The molecule has 4 nitrogen and oxygen atoms in total. The average molecular weight is 278 g/mol. The maximum absolute atomic E-state index is 5.86. The van der Waals surface area contributed by atoms with E-state index in [-0.39, 0.29) is 6.04 Å². The number of halogens is 1. The Hall–Kier alpha value is -1.39. The normalized spacial score (nSPS) is 19.5. The Morgan fingerprint density at radius 3 is 2.84 bits per heavy atom. The topological polar surface area (TPSA) is 51.0 Å². The third-order valence-electron chi connectivity index (χ3n) is 3.37. The molecule has 1 N–H and O–H groups in total. The van der Waals surface area contributed by atoms with E-state index in [1.807, 2.05) is 24.3 Å². The van der Waals surface area contributed by atoms with Gasteiger partial charge in [-0.1, -0.05) is 35.3 Å². The minimum Gasteiger partial charge on any atom is -0.338 e. The van der Waals surface area contributed by atoms with Crippen LogP contribution in [0.4, 0.5) is 0 Å². The van der Waals surface area contributed by atoms with Crippen LogP contribution in [0.3, 0.4) is 0 Å². The molecule has 100 valence electrons. The first-order valence-electron chi connectivity index (χ1n) is 6.61. The second-order valence-electron chi connectivity index (χ2n) is 4.85. The first kappa shape index (κ1) is 12.6. The molecule has 1 aromatic carbocycles. The van der Waals surface area contributed by atoms with Gasteiger partial charge in [0.05, 0.1) is 6.04 Å². The van der Waals surface area contributed by atoms with E-state index in [4.69, 9.17) is 16.1 Å². The van der Waals surface area contributed by atoms with Crippen LogP contribution in [-0.4, -0.2) is 16.7 Å². The molecule has 0 radical (unpaired) electrons. The van der Waals surface area contributed by atoms with Crippen LogP contribution in [0.2, 0.25) is 5.02 Å². The molecule has 0 saturated carbocycles. The molecule has 1 saturated heterocycles. The van der Waals surface area contributed by atoms with Crippen molar-refractivity contribution in [2.45, 2.75) is 31.7 Å². The summed E-state index contributed by atoms with van der Waals surface area (Å²) in [7, 11) is 0. The standard InChI is InChI=1S/C14H16ClN3O/c15-11-6-4-10(5-7-11)9-13-17-14(19-18-13)12-3-1-2-8-16-12/h4-7,12,16H,1-3,8-9H2/t12-/m1/s1. The van der Waals surface area contributed by atoms with E-state index in [0.717, 1.165) is 29.4 Å². The van der Waals surface area contributed by atoms with Gasteiger partial charge in [-0.05, 0) is 37.1 Å². The van der Waals surface area contributed by atoms with E-state index in [1.165, 1.54) is 12.8 Å². The number of rotatable bonds is 3. The molecule has 1 fully saturated rings. The molecule has 3 rings (SSSR count). The van der Waals surface area contributed by atoms with Crippen molar-refractivity contribution in [1.82, 2.24) is 15.5 Å². The first-order chi connectivity index (χ1) is 9.31. The van der Waals surface area contributed by atoms with Crippen molar-refractivity contribution in [2.24, 2.45) is 0 Å². The summed E-state index contributed by atoms with van der Waals surface area (Å²) in [5.41, 5.74) is 1.13. The van der Waals surface area contributed by atoms with Crippen LogP contribution in [0.25, 0.3) is 0 Å². The Bertz CT molecular complexity index is 532. The quantitative estimate of drug-likeness (QED) is 0.936. The van der Waals surface area contributed by atoms with E-state index in [1.54, 1.807) is 0 Å². The lowest BCUT2D eigenvalue weighted by molar-refractivity contribution is 0.296. The molecule has 19 heavy (non-hydrogen) atoms. The van der Waals surface area contributed by atoms with Gasteiger partial charge < -0.3 is 9.84 Å². The van der Waals surface area contributed by atoms with Gasteiger partial charge in [0.2, 0.25) is 5.89 Å². The Morgan fingerprint density at radius 2 is 2.11 bits per heavy atom. The Morgan fingerprint density at radius 1 is 1.26 bits per heavy atom. The highest BCUT2D eigenvalue weighted by Gasteiger charge is 2.20. The molecule has 1 aromatic heterocycles. The molecule has 1 aliphatic rings. The number of nitrogens with one attached hydrogen (secondary N) is 1. The highest BCUT2D eigenvalue weighted by atomic mass is 35.5. The van der Waals surface area contributed by atoms with Gasteiger partial charge in [0.15, 0.2) is 5.82 Å². The number of benzene rings is 1. The Kier molecular flexibility index (Phi) is 3.80. The SMILES string of the molecule is Clc1ccc(Cc2noc([C@H]3CCCCN3)n2)cc1. The summed E-state index contributed by atoms with van der Waals surface area (Å²) < 4.78 is 5.35. The Balaban J connectivity index is 1.68. The zero-order chi connectivity index (χ0) is 13.1. The van der Waals surface area contributed by atoms with Crippen LogP contribution in [0, 0.1) is 0 Å². The van der Waals surface area contributed by atoms with Gasteiger partial charge in [0.1, 0.15) is 0 Å². The number of piperidine rings is 1. The van der Waals surface area contributed by atoms with E-state index in [9.17, 15) is 0 Å². The summed E-state index contributed by atoms with van der Waals surface area (Å²) in [4.78, 5) is 4.48. The fourth-order valence-electron chi connectivity index (χ4n) is 2.33. The average Bonchev–Trinajstić information content (AvgIpc) is 2.91. The van der Waals surface area contributed by atoms with Crippen LogP contribution in [0.1, 0.15) is 42.6 Å². The van der Waals surface area contributed by atoms with E-state index < -0.39 is 0 Å². The number of hydrogen-bond acceptors (Lipinski definition) is 4. The van der Waals surface area contributed by atoms with Crippen molar-refractivity contribution in [2.75, 3.05) is 6.54 Å². The summed E-state index contributed by atoms with van der Waals surface area (Å²) in [6.07, 6.45) is 4.19. The molecule has 1 atom stereocenters. The monoisotopic (exact) mass is 277 g/mol. The van der Waals surface area contributed by atoms with Crippen molar-refractivity contribution in [3.05, 3.63) is 46.6 Å². The predicted octanol–water partition coefficient (Wildman–Crippen LogP) is 3.13. The summed E-state index contributed by atoms with van der Waals surface area (Å²) in [5.74, 6) is 1.44. The van der Waals surface area contributed by atoms with Gasteiger partial charge in [-0.25, -0.2) is 0 Å². The summed E-state index contributed by atoms with van der Waals surface area (Å²) in [6, 6.07) is 7.94. The van der Waals surface area contributed by atoms with Crippen molar-refractivity contribution in [3.63, 3.8) is 0 Å². The van der Waals surface area contributed by atoms with E-state index in [0.29, 0.717) is 12.3 Å². The smallest absolute Gasteiger partial charge is 0.243 e. The second kappa shape index (κ2) is 5.72. The molecule has 0 bridgehead atoms. The fourth-order valence-corrected chi connectivity index (χ4v) is 2.45. The molecule has 2 heterocycles. The van der Waals surface area contributed by atoms with Crippen molar-refractivity contribution >= 4 is 11.6 Å². The minimum atomic E-state index is 0.222. The van der Waals surface area contributed by atoms with Crippen LogP contribution in [0.15, 0.2) is 28.8 Å². The van der Waals surface area contributed by atoms with Crippen molar-refractivity contribution in [1.29, 1.82) is 0 Å².